The Kier molecular flexibility index (Phi) is 5.88. The van der Waals surface area contributed by atoms with Crippen LogP contribution in [0.4, 0.5) is 0 Å². The van der Waals surface area contributed by atoms with Gasteiger partial charge in [0.2, 0.25) is 0 Å². The second-order valence-electron chi connectivity index (χ2n) is 5.89. The third kappa shape index (κ3) is 5.38. The zero-order valence-electron chi connectivity index (χ0n) is 14.3. The van der Waals surface area contributed by atoms with E-state index in [9.17, 15) is 9.90 Å². The van der Waals surface area contributed by atoms with Crippen molar-refractivity contribution in [2.75, 3.05) is 0 Å². The highest BCUT2D eigenvalue weighted by Crippen LogP contribution is 2.19. The van der Waals surface area contributed by atoms with Crippen LogP contribution < -0.4 is 9.47 Å². The first-order valence-electron chi connectivity index (χ1n) is 8.44. The lowest BCUT2D eigenvalue weighted by atomic mass is 10.1. The largest absolute Gasteiger partial charge is 0.508 e. The molecule has 4 heteroatoms. The minimum absolute atomic E-state index is 0.214. The molecule has 0 bridgehead atoms. The third-order valence-electron chi connectivity index (χ3n) is 3.86. The average Bonchev–Trinajstić information content (AvgIpc) is 2.68. The van der Waals surface area contributed by atoms with Crippen LogP contribution in [0, 0.1) is 0 Å². The number of carbonyl (C=O) groups is 1. The molecule has 26 heavy (non-hydrogen) atoms. The Hall–Kier alpha value is -3.27. The quantitative estimate of drug-likeness (QED) is 0.504. The molecule has 0 heterocycles. The fourth-order valence-electron chi connectivity index (χ4n) is 2.44. The smallest absolute Gasteiger partial charge is 0.311 e. The fourth-order valence-corrected chi connectivity index (χ4v) is 2.44. The van der Waals surface area contributed by atoms with Crippen LogP contribution in [0.2, 0.25) is 0 Å². The zero-order chi connectivity index (χ0) is 18.2. The maximum atomic E-state index is 11.9. The molecule has 3 aromatic carbocycles. The van der Waals surface area contributed by atoms with Gasteiger partial charge in [0, 0.05) is 6.42 Å². The van der Waals surface area contributed by atoms with Gasteiger partial charge in [-0.3, -0.25) is 4.79 Å². The van der Waals surface area contributed by atoms with Crippen molar-refractivity contribution in [3.05, 3.63) is 90.0 Å². The van der Waals surface area contributed by atoms with Crippen LogP contribution in [-0.4, -0.2) is 11.1 Å². The Morgan fingerprint density at radius 2 is 1.42 bits per heavy atom. The van der Waals surface area contributed by atoms with E-state index < -0.39 is 0 Å². The molecule has 0 saturated carbocycles. The van der Waals surface area contributed by atoms with Gasteiger partial charge < -0.3 is 14.6 Å². The van der Waals surface area contributed by atoms with Gasteiger partial charge in [0.25, 0.3) is 0 Å². The van der Waals surface area contributed by atoms with Crippen LogP contribution >= 0.6 is 0 Å². The SMILES string of the molecule is O=C(CCc1ccc(O)cc1)Oc1ccc(OCc2ccccc2)cc1. The highest BCUT2D eigenvalue weighted by atomic mass is 16.5. The zero-order valence-corrected chi connectivity index (χ0v) is 14.3. The first-order valence-corrected chi connectivity index (χ1v) is 8.44. The standard InChI is InChI=1S/C22H20O4/c23-19-9-6-17(7-10-19)8-15-22(24)26-21-13-11-20(12-14-21)25-16-18-4-2-1-3-5-18/h1-7,9-14,23H,8,15-16H2. The first-order chi connectivity index (χ1) is 12.7. The lowest BCUT2D eigenvalue weighted by molar-refractivity contribution is -0.134. The summed E-state index contributed by atoms with van der Waals surface area (Å²) >= 11 is 0. The van der Waals surface area contributed by atoms with Crippen molar-refractivity contribution in [2.24, 2.45) is 0 Å². The summed E-state index contributed by atoms with van der Waals surface area (Å²) < 4.78 is 11.0. The molecule has 3 aromatic rings. The van der Waals surface area contributed by atoms with Crippen LogP contribution in [0.1, 0.15) is 17.5 Å². The van der Waals surface area contributed by atoms with Crippen molar-refractivity contribution < 1.29 is 19.4 Å². The summed E-state index contributed by atoms with van der Waals surface area (Å²) in [7, 11) is 0. The number of rotatable bonds is 7. The molecule has 0 saturated heterocycles. The minimum Gasteiger partial charge on any atom is -0.508 e. The van der Waals surface area contributed by atoms with Crippen molar-refractivity contribution in [1.82, 2.24) is 0 Å². The van der Waals surface area contributed by atoms with Crippen molar-refractivity contribution >= 4 is 5.97 Å². The summed E-state index contributed by atoms with van der Waals surface area (Å²) in [6.07, 6.45) is 0.842. The van der Waals surface area contributed by atoms with E-state index >= 15 is 0 Å². The second-order valence-corrected chi connectivity index (χ2v) is 5.89. The van der Waals surface area contributed by atoms with Gasteiger partial charge in [-0.2, -0.15) is 0 Å². The maximum absolute atomic E-state index is 11.9. The van der Waals surface area contributed by atoms with Crippen LogP contribution in [0.3, 0.4) is 0 Å². The molecule has 1 N–H and O–H groups in total. The molecule has 0 atom stereocenters. The number of aromatic hydroxyl groups is 1. The number of hydrogen-bond donors (Lipinski definition) is 1. The lowest BCUT2D eigenvalue weighted by Crippen LogP contribution is -2.09. The van der Waals surface area contributed by atoms with Gasteiger partial charge in [-0.1, -0.05) is 42.5 Å². The van der Waals surface area contributed by atoms with Gasteiger partial charge >= 0.3 is 5.97 Å². The van der Waals surface area contributed by atoms with Crippen LogP contribution in [0.25, 0.3) is 0 Å². The number of esters is 1. The van der Waals surface area contributed by atoms with E-state index in [0.29, 0.717) is 18.8 Å². The fraction of sp³-hybridized carbons (Fsp3) is 0.136. The van der Waals surface area contributed by atoms with Crippen molar-refractivity contribution in [3.8, 4) is 17.2 Å². The number of phenolic OH excluding ortho intramolecular Hbond substituents is 1. The third-order valence-corrected chi connectivity index (χ3v) is 3.86. The number of ether oxygens (including phenoxy) is 2. The van der Waals surface area contributed by atoms with E-state index in [1.54, 1.807) is 48.5 Å². The van der Waals surface area contributed by atoms with Gasteiger partial charge in [-0.25, -0.2) is 0 Å². The molecule has 0 aliphatic heterocycles. The van der Waals surface area contributed by atoms with Crippen molar-refractivity contribution in [1.29, 1.82) is 0 Å². The van der Waals surface area contributed by atoms with E-state index in [4.69, 9.17) is 9.47 Å². The highest BCUT2D eigenvalue weighted by Gasteiger charge is 2.06. The molecule has 0 aliphatic rings. The molecule has 0 spiro atoms. The van der Waals surface area contributed by atoms with Crippen LogP contribution in [0.15, 0.2) is 78.9 Å². The van der Waals surface area contributed by atoms with Gasteiger partial charge in [-0.15, -0.1) is 0 Å². The van der Waals surface area contributed by atoms with Gasteiger partial charge in [0.1, 0.15) is 23.9 Å². The summed E-state index contributed by atoms with van der Waals surface area (Å²) in [4.78, 5) is 11.9. The molecule has 132 valence electrons. The molecule has 0 amide bonds. The molecular formula is C22H20O4. The number of benzene rings is 3. The number of phenols is 1. The van der Waals surface area contributed by atoms with E-state index in [2.05, 4.69) is 0 Å². The highest BCUT2D eigenvalue weighted by molar-refractivity contribution is 5.72. The summed E-state index contributed by atoms with van der Waals surface area (Å²) in [5.74, 6) is 1.13. The summed E-state index contributed by atoms with van der Waals surface area (Å²) in [5.41, 5.74) is 2.07. The van der Waals surface area contributed by atoms with Crippen LogP contribution in [0.5, 0.6) is 17.2 Å². The van der Waals surface area contributed by atoms with Crippen LogP contribution in [-0.2, 0) is 17.8 Å². The molecule has 0 radical (unpaired) electrons. The lowest BCUT2D eigenvalue weighted by Gasteiger charge is -2.08. The van der Waals surface area contributed by atoms with Crippen molar-refractivity contribution in [3.63, 3.8) is 0 Å². The summed E-state index contributed by atoms with van der Waals surface area (Å²) in [5, 5.41) is 9.25. The number of carbonyl (C=O) groups excluding carboxylic acids is 1. The molecule has 4 nitrogen and oxygen atoms in total. The Bertz CT molecular complexity index is 824. The molecule has 0 aliphatic carbocycles. The topological polar surface area (TPSA) is 55.8 Å². The Morgan fingerprint density at radius 1 is 0.769 bits per heavy atom. The monoisotopic (exact) mass is 348 g/mol. The minimum atomic E-state index is -0.295. The van der Waals surface area contributed by atoms with Gasteiger partial charge in [0.15, 0.2) is 0 Å². The predicted molar refractivity (Wildman–Crippen MR) is 99.3 cm³/mol. The summed E-state index contributed by atoms with van der Waals surface area (Å²) in [6.45, 7) is 0.493. The Morgan fingerprint density at radius 3 is 2.12 bits per heavy atom. The predicted octanol–water partition coefficient (Wildman–Crippen LogP) is 4.51. The number of hydrogen-bond acceptors (Lipinski definition) is 4. The Labute approximate surface area is 152 Å². The van der Waals surface area contributed by atoms with E-state index in [0.717, 1.165) is 16.9 Å². The first kappa shape index (κ1) is 17.5. The summed E-state index contributed by atoms with van der Waals surface area (Å²) in [6, 6.07) is 23.7. The van der Waals surface area contributed by atoms with Gasteiger partial charge in [0.05, 0.1) is 0 Å². The van der Waals surface area contributed by atoms with Gasteiger partial charge in [-0.05, 0) is 53.9 Å². The molecule has 0 aromatic heterocycles. The maximum Gasteiger partial charge on any atom is 0.311 e. The average molecular weight is 348 g/mol. The molecular weight excluding hydrogens is 328 g/mol. The number of aryl methyl sites for hydroxylation is 1. The second kappa shape index (κ2) is 8.72. The van der Waals surface area contributed by atoms with E-state index in [1.807, 2.05) is 30.3 Å². The Balaban J connectivity index is 1.45. The van der Waals surface area contributed by atoms with E-state index in [1.165, 1.54) is 0 Å². The molecule has 3 rings (SSSR count). The van der Waals surface area contributed by atoms with Crippen molar-refractivity contribution in [2.45, 2.75) is 19.4 Å². The molecule has 0 unspecified atom stereocenters. The van der Waals surface area contributed by atoms with E-state index in [-0.39, 0.29) is 18.1 Å². The molecule has 0 fully saturated rings. The normalized spacial score (nSPS) is 10.3.